The number of carbonyl (C=O) groups is 4. The number of carbonyl (C=O) groups excluding carboxylic acids is 4. The molecular weight excluding hydrogens is 769 g/mol. The van der Waals surface area contributed by atoms with Crippen molar-refractivity contribution in [2.75, 3.05) is 40.7 Å². The van der Waals surface area contributed by atoms with Gasteiger partial charge in [-0.05, 0) is 56.9 Å². The van der Waals surface area contributed by atoms with Crippen LogP contribution in [0.3, 0.4) is 0 Å². The smallest absolute Gasteiger partial charge is 0.410 e. The van der Waals surface area contributed by atoms with Gasteiger partial charge in [-0.2, -0.15) is 0 Å². The molecule has 0 aliphatic carbocycles. The third kappa shape index (κ3) is 9.26. The van der Waals surface area contributed by atoms with E-state index in [9.17, 15) is 14.4 Å². The Balaban J connectivity index is 1.47. The Morgan fingerprint density at radius 1 is 0.950 bits per heavy atom. The summed E-state index contributed by atoms with van der Waals surface area (Å²) in [5.74, 6) is 0.527. The van der Waals surface area contributed by atoms with E-state index in [0.29, 0.717) is 51.5 Å². The molecule has 0 N–H and O–H groups in total. The summed E-state index contributed by atoms with van der Waals surface area (Å²) in [6, 6.07) is 18.5. The minimum atomic E-state index is -1.30. The number of Topliss-reactive ketones (excluding diaryl/α,β-unsaturated/α-hetero) is 1. The number of likely N-dealkylation sites (N-methyl/N-ethyl adjacent to an activating group) is 1. The molecule has 4 aromatic carbocycles. The molecule has 0 saturated heterocycles. The Labute approximate surface area is 350 Å². The zero-order chi connectivity index (χ0) is 43.1. The molecule has 2 amide bonds. The van der Waals surface area contributed by atoms with E-state index in [1.165, 1.54) is 24.0 Å². The summed E-state index contributed by atoms with van der Waals surface area (Å²) in [5.41, 5.74) is 3.24. The van der Waals surface area contributed by atoms with E-state index in [-0.39, 0.29) is 63.1 Å². The Bertz CT molecular complexity index is 2230. The number of nitrogens with zero attached hydrogens (tertiary/aromatic N) is 2. The van der Waals surface area contributed by atoms with Crippen molar-refractivity contribution in [1.82, 2.24) is 9.80 Å². The number of benzene rings is 4. The van der Waals surface area contributed by atoms with Crippen molar-refractivity contribution in [1.29, 1.82) is 0 Å². The third-order valence-electron chi connectivity index (χ3n) is 10.3. The van der Waals surface area contributed by atoms with Crippen LogP contribution in [0.2, 0.25) is 0 Å². The molecule has 316 valence electrons. The fourth-order valence-corrected chi connectivity index (χ4v) is 7.50. The van der Waals surface area contributed by atoms with Gasteiger partial charge < -0.3 is 38.1 Å². The van der Waals surface area contributed by atoms with Gasteiger partial charge in [0.05, 0.1) is 44.0 Å². The number of amides is 2. The number of hydrogen-bond acceptors (Lipinski definition) is 11. The number of aryl methyl sites for hydroxylation is 1. The van der Waals surface area contributed by atoms with Crippen molar-refractivity contribution in [3.05, 3.63) is 124 Å². The average Bonchev–Trinajstić information content (AvgIpc) is 3.73. The van der Waals surface area contributed by atoms with Crippen molar-refractivity contribution < 1.29 is 52.3 Å². The van der Waals surface area contributed by atoms with Crippen LogP contribution in [0.25, 0.3) is 0 Å². The minimum absolute atomic E-state index is 0.0672. The first kappa shape index (κ1) is 43.2. The molecule has 2 atom stereocenters. The summed E-state index contributed by atoms with van der Waals surface area (Å²) in [4.78, 5) is 59.5. The van der Waals surface area contributed by atoms with Gasteiger partial charge in [-0.15, -0.1) is 0 Å². The molecule has 2 aliphatic rings. The topological polar surface area (TPSA) is 139 Å². The first-order valence-electron chi connectivity index (χ1n) is 19.7. The fraction of sp³-hybridized carbons (Fsp3) is 0.362. The molecule has 13 nitrogen and oxygen atoms in total. The summed E-state index contributed by atoms with van der Waals surface area (Å²) < 4.78 is 42.2. The predicted molar refractivity (Wildman–Crippen MR) is 223 cm³/mol. The Kier molecular flexibility index (Phi) is 13.5. The molecule has 6 rings (SSSR count). The first-order valence-corrected chi connectivity index (χ1v) is 19.7. The minimum Gasteiger partial charge on any atom is -0.493 e. The van der Waals surface area contributed by atoms with Crippen LogP contribution in [0.4, 0.5) is 4.79 Å². The van der Waals surface area contributed by atoms with Crippen LogP contribution in [-0.4, -0.2) is 86.2 Å². The summed E-state index contributed by atoms with van der Waals surface area (Å²) in [6.45, 7) is 12.4. The second-order valence-electron chi connectivity index (χ2n) is 15.6. The van der Waals surface area contributed by atoms with Crippen molar-refractivity contribution in [2.45, 2.75) is 71.9 Å². The Morgan fingerprint density at radius 3 is 2.22 bits per heavy atom. The predicted octanol–water partition coefficient (Wildman–Crippen LogP) is 7.76. The summed E-state index contributed by atoms with van der Waals surface area (Å²) in [6.07, 6.45) is 1.28. The van der Waals surface area contributed by atoms with Crippen molar-refractivity contribution in [3.63, 3.8) is 0 Å². The van der Waals surface area contributed by atoms with Gasteiger partial charge in [0.1, 0.15) is 30.6 Å². The van der Waals surface area contributed by atoms with Crippen LogP contribution in [0.15, 0.2) is 79.4 Å². The number of fused-ring (bicyclic) bond motifs is 3. The molecular formula is C47H52N2O11. The second kappa shape index (κ2) is 18.7. The maximum atomic E-state index is 15.4. The van der Waals surface area contributed by atoms with Gasteiger partial charge in [0.25, 0.3) is 0 Å². The zero-order valence-electron chi connectivity index (χ0n) is 35.2. The van der Waals surface area contributed by atoms with Gasteiger partial charge in [-0.25, -0.2) is 4.79 Å². The normalized spacial score (nSPS) is 14.8. The highest BCUT2D eigenvalue weighted by Gasteiger charge is 2.46. The second-order valence-corrected chi connectivity index (χ2v) is 15.6. The molecule has 13 heteroatoms. The monoisotopic (exact) mass is 820 g/mol. The quantitative estimate of drug-likeness (QED) is 0.0810. The lowest BCUT2D eigenvalue weighted by Crippen LogP contribution is -2.55. The lowest BCUT2D eigenvalue weighted by molar-refractivity contribution is -0.140. The van der Waals surface area contributed by atoms with Crippen LogP contribution >= 0.6 is 0 Å². The fourth-order valence-electron chi connectivity index (χ4n) is 7.50. The molecule has 0 unspecified atom stereocenters. The van der Waals surface area contributed by atoms with Gasteiger partial charge in [0.15, 0.2) is 35.1 Å². The van der Waals surface area contributed by atoms with E-state index in [1.807, 2.05) is 60.7 Å². The van der Waals surface area contributed by atoms with Gasteiger partial charge in [0.2, 0.25) is 12.7 Å². The zero-order valence-corrected chi connectivity index (χ0v) is 35.2. The van der Waals surface area contributed by atoms with E-state index < -0.39 is 35.5 Å². The third-order valence-corrected chi connectivity index (χ3v) is 10.3. The van der Waals surface area contributed by atoms with Crippen LogP contribution in [0, 0.1) is 13.8 Å². The van der Waals surface area contributed by atoms with Crippen molar-refractivity contribution in [2.24, 2.45) is 0 Å². The van der Waals surface area contributed by atoms with E-state index in [2.05, 4.69) is 6.58 Å². The number of ether oxygens (including phenoxy) is 7. The van der Waals surface area contributed by atoms with Gasteiger partial charge >= 0.3 is 6.09 Å². The molecule has 0 radical (unpaired) electrons. The van der Waals surface area contributed by atoms with Crippen LogP contribution in [-0.2, 0) is 33.9 Å². The molecule has 0 aromatic heterocycles. The van der Waals surface area contributed by atoms with Gasteiger partial charge in [0, 0.05) is 24.6 Å². The lowest BCUT2D eigenvalue weighted by atomic mass is 9.87. The Hall–Kier alpha value is -6.34. The Morgan fingerprint density at radius 2 is 1.60 bits per heavy atom. The van der Waals surface area contributed by atoms with Crippen LogP contribution in [0.1, 0.15) is 80.9 Å². The SMILES string of the molecule is C=CCOc1c(C)c2c(c3c1C(=O)CN(C(=O)[C@H](Cc1cc(C)c(OC)c(OCc4ccccc4)c1C=O)N(C)C(=O)OC(C)(C)C)[C@H]3COCc1ccccc1)OCO2. The number of aldehydes is 1. The number of methoxy groups -OCH3 is 1. The standard InChI is InChI=1S/C47H52N2O11/c1-9-20-56-41-30(3)42-44(59-28-58-42)38-36(27-55-25-31-16-12-10-13-17-31)49(23-37(51)39(38)41)45(52)35(48(7)46(53)60-47(4,5)6)22-33-21-29(2)40(54-8)43(34(33)24-50)57-26-32-18-14-11-15-19-32/h9-19,21,24,35-36H,1,20,22-23,25-28H2,2-8H3/t35-,36-/m0/s1. The maximum Gasteiger partial charge on any atom is 0.410 e. The molecule has 60 heavy (non-hydrogen) atoms. The molecule has 0 bridgehead atoms. The molecule has 4 aromatic rings. The molecule has 0 saturated carbocycles. The van der Waals surface area contributed by atoms with E-state index in [0.717, 1.165) is 11.1 Å². The van der Waals surface area contributed by atoms with E-state index in [4.69, 9.17) is 33.2 Å². The molecule has 0 fully saturated rings. The summed E-state index contributed by atoms with van der Waals surface area (Å²) in [5, 5.41) is 0. The number of rotatable bonds is 16. The summed E-state index contributed by atoms with van der Waals surface area (Å²) in [7, 11) is 2.95. The van der Waals surface area contributed by atoms with Gasteiger partial charge in [-0.1, -0.05) is 79.4 Å². The highest BCUT2D eigenvalue weighted by atomic mass is 16.7. The van der Waals surface area contributed by atoms with E-state index in [1.54, 1.807) is 46.8 Å². The molecule has 0 spiro atoms. The highest BCUT2D eigenvalue weighted by molar-refractivity contribution is 6.07. The number of hydrogen-bond donors (Lipinski definition) is 0. The lowest BCUT2D eigenvalue weighted by Gasteiger charge is -2.41. The average molecular weight is 821 g/mol. The van der Waals surface area contributed by atoms with Crippen LogP contribution < -0.4 is 23.7 Å². The molecule has 2 aliphatic heterocycles. The first-order chi connectivity index (χ1) is 28.8. The van der Waals surface area contributed by atoms with Crippen molar-refractivity contribution in [3.8, 4) is 28.7 Å². The van der Waals surface area contributed by atoms with E-state index >= 15 is 4.79 Å². The van der Waals surface area contributed by atoms with Gasteiger partial charge in [-0.3, -0.25) is 19.3 Å². The van der Waals surface area contributed by atoms with Crippen LogP contribution in [0.5, 0.6) is 28.7 Å². The molecule has 2 heterocycles. The summed E-state index contributed by atoms with van der Waals surface area (Å²) >= 11 is 0. The maximum absolute atomic E-state index is 15.4. The number of ketones is 1. The highest BCUT2D eigenvalue weighted by Crippen LogP contribution is 2.52. The largest absolute Gasteiger partial charge is 0.493 e. The van der Waals surface area contributed by atoms with Crippen molar-refractivity contribution >= 4 is 24.1 Å².